The van der Waals surface area contributed by atoms with Gasteiger partial charge in [0.25, 0.3) is 0 Å². The van der Waals surface area contributed by atoms with Gasteiger partial charge in [-0.2, -0.15) is 0 Å². The standard InChI is InChI=1S/C7H14O3/c1-2-3-4-6(8)5-7(9)10/h6,8H,2-5H2,1H3,(H,9,10)/p-1. The number of rotatable bonds is 5. The van der Waals surface area contributed by atoms with E-state index in [-0.39, 0.29) is 6.42 Å². The molecular formula is C7H13O3-. The molecule has 0 aliphatic heterocycles. The molecule has 0 aliphatic carbocycles. The Morgan fingerprint density at radius 2 is 2.30 bits per heavy atom. The summed E-state index contributed by atoms with van der Waals surface area (Å²) in [5, 5.41) is 18.8. The number of unbranched alkanes of at least 4 members (excludes halogenated alkanes) is 1. The van der Waals surface area contributed by atoms with Gasteiger partial charge in [0.1, 0.15) is 0 Å². The summed E-state index contributed by atoms with van der Waals surface area (Å²) < 4.78 is 0. The summed E-state index contributed by atoms with van der Waals surface area (Å²) in [6.45, 7) is 1.99. The van der Waals surface area contributed by atoms with E-state index in [1.54, 1.807) is 0 Å². The summed E-state index contributed by atoms with van der Waals surface area (Å²) in [6.07, 6.45) is 1.45. The summed E-state index contributed by atoms with van der Waals surface area (Å²) >= 11 is 0. The van der Waals surface area contributed by atoms with Gasteiger partial charge in [0, 0.05) is 12.4 Å². The normalized spacial score (nSPS) is 13.0. The number of carbonyl (C=O) groups excluding carboxylic acids is 1. The lowest BCUT2D eigenvalue weighted by molar-refractivity contribution is -0.307. The summed E-state index contributed by atoms with van der Waals surface area (Å²) in [7, 11) is 0. The van der Waals surface area contributed by atoms with Gasteiger partial charge in [0.05, 0.1) is 6.10 Å². The highest BCUT2D eigenvalue weighted by Crippen LogP contribution is 2.02. The van der Waals surface area contributed by atoms with Gasteiger partial charge in [-0.25, -0.2) is 0 Å². The minimum absolute atomic E-state index is 0.236. The predicted molar refractivity (Wildman–Crippen MR) is 35.2 cm³/mol. The van der Waals surface area contributed by atoms with E-state index in [0.717, 1.165) is 12.8 Å². The van der Waals surface area contributed by atoms with Gasteiger partial charge in [-0.3, -0.25) is 0 Å². The van der Waals surface area contributed by atoms with Crippen molar-refractivity contribution >= 4 is 5.97 Å². The van der Waals surface area contributed by atoms with Crippen molar-refractivity contribution in [2.75, 3.05) is 0 Å². The molecule has 3 nitrogen and oxygen atoms in total. The van der Waals surface area contributed by atoms with Gasteiger partial charge in [0.15, 0.2) is 0 Å². The Bertz CT molecular complexity index is 101. The molecule has 0 spiro atoms. The van der Waals surface area contributed by atoms with Crippen LogP contribution in [0, 0.1) is 0 Å². The first-order valence-electron chi connectivity index (χ1n) is 3.54. The van der Waals surface area contributed by atoms with E-state index >= 15 is 0 Å². The molecule has 0 aromatic rings. The number of aliphatic hydroxyl groups excluding tert-OH is 1. The molecule has 3 heteroatoms. The summed E-state index contributed by atoms with van der Waals surface area (Å²) in [5.74, 6) is -1.18. The molecule has 0 saturated heterocycles. The largest absolute Gasteiger partial charge is 0.550 e. The fraction of sp³-hybridized carbons (Fsp3) is 0.857. The van der Waals surface area contributed by atoms with E-state index in [4.69, 9.17) is 5.11 Å². The smallest absolute Gasteiger partial charge is 0.0592 e. The third-order valence-electron chi connectivity index (χ3n) is 1.29. The molecule has 1 N–H and O–H groups in total. The second kappa shape index (κ2) is 5.23. The van der Waals surface area contributed by atoms with Crippen molar-refractivity contribution in [3.05, 3.63) is 0 Å². The SMILES string of the molecule is CCCCC(O)CC(=O)[O-]. The lowest BCUT2D eigenvalue weighted by Gasteiger charge is -2.09. The van der Waals surface area contributed by atoms with Crippen LogP contribution in [0.4, 0.5) is 0 Å². The van der Waals surface area contributed by atoms with E-state index in [1.165, 1.54) is 0 Å². The van der Waals surface area contributed by atoms with Crippen LogP contribution in [0.3, 0.4) is 0 Å². The number of carbonyl (C=O) groups is 1. The first kappa shape index (κ1) is 9.43. The second-order valence-corrected chi connectivity index (χ2v) is 2.37. The number of aliphatic hydroxyl groups is 1. The summed E-state index contributed by atoms with van der Waals surface area (Å²) in [6, 6.07) is 0. The van der Waals surface area contributed by atoms with Crippen LogP contribution in [0.1, 0.15) is 32.6 Å². The van der Waals surface area contributed by atoms with Crippen molar-refractivity contribution in [2.24, 2.45) is 0 Å². The molecule has 0 saturated carbocycles. The maximum Gasteiger partial charge on any atom is 0.0592 e. The Morgan fingerprint density at radius 1 is 1.70 bits per heavy atom. The van der Waals surface area contributed by atoms with Crippen LogP contribution in [-0.2, 0) is 4.79 Å². The highest BCUT2D eigenvalue weighted by Gasteiger charge is 2.01. The van der Waals surface area contributed by atoms with Gasteiger partial charge >= 0.3 is 0 Å². The van der Waals surface area contributed by atoms with Crippen LogP contribution >= 0.6 is 0 Å². The van der Waals surface area contributed by atoms with E-state index in [1.807, 2.05) is 6.92 Å². The van der Waals surface area contributed by atoms with E-state index in [0.29, 0.717) is 6.42 Å². The van der Waals surface area contributed by atoms with Gasteiger partial charge < -0.3 is 15.0 Å². The van der Waals surface area contributed by atoms with Crippen LogP contribution in [-0.4, -0.2) is 17.2 Å². The zero-order valence-electron chi connectivity index (χ0n) is 6.17. The topological polar surface area (TPSA) is 60.4 Å². The maximum atomic E-state index is 9.90. The van der Waals surface area contributed by atoms with Gasteiger partial charge in [-0.05, 0) is 6.42 Å². The highest BCUT2D eigenvalue weighted by atomic mass is 16.4. The van der Waals surface area contributed by atoms with Crippen LogP contribution in [0.2, 0.25) is 0 Å². The molecular weight excluding hydrogens is 132 g/mol. The van der Waals surface area contributed by atoms with E-state index < -0.39 is 12.1 Å². The Hall–Kier alpha value is -0.570. The molecule has 0 bridgehead atoms. The number of hydrogen-bond acceptors (Lipinski definition) is 3. The molecule has 0 aliphatic rings. The van der Waals surface area contributed by atoms with Crippen molar-refractivity contribution in [2.45, 2.75) is 38.7 Å². The fourth-order valence-corrected chi connectivity index (χ4v) is 0.734. The highest BCUT2D eigenvalue weighted by molar-refractivity contribution is 5.64. The van der Waals surface area contributed by atoms with Gasteiger partial charge in [0.2, 0.25) is 0 Å². The fourth-order valence-electron chi connectivity index (χ4n) is 0.734. The summed E-state index contributed by atoms with van der Waals surface area (Å²) in [5.41, 5.74) is 0. The number of hydrogen-bond donors (Lipinski definition) is 1. The molecule has 0 fully saturated rings. The van der Waals surface area contributed by atoms with Gasteiger partial charge in [-0.15, -0.1) is 0 Å². The lowest BCUT2D eigenvalue weighted by Crippen LogP contribution is -2.27. The molecule has 0 heterocycles. The monoisotopic (exact) mass is 145 g/mol. The van der Waals surface area contributed by atoms with Crippen LogP contribution < -0.4 is 5.11 Å². The van der Waals surface area contributed by atoms with Crippen molar-refractivity contribution in [1.82, 2.24) is 0 Å². The average molecular weight is 145 g/mol. The quantitative estimate of drug-likeness (QED) is 0.576. The Balaban J connectivity index is 3.25. The van der Waals surface area contributed by atoms with Gasteiger partial charge in [-0.1, -0.05) is 19.8 Å². The third-order valence-corrected chi connectivity index (χ3v) is 1.29. The Morgan fingerprint density at radius 3 is 2.70 bits per heavy atom. The van der Waals surface area contributed by atoms with Crippen molar-refractivity contribution < 1.29 is 15.0 Å². The zero-order valence-corrected chi connectivity index (χ0v) is 6.17. The second-order valence-electron chi connectivity index (χ2n) is 2.37. The first-order chi connectivity index (χ1) is 4.66. The molecule has 1 atom stereocenters. The number of carboxylic acids is 1. The Labute approximate surface area is 60.7 Å². The molecule has 0 aromatic heterocycles. The molecule has 0 amide bonds. The number of aliphatic carboxylic acids is 1. The summed E-state index contributed by atoms with van der Waals surface area (Å²) in [4.78, 5) is 9.90. The number of carboxylic acid groups (broad SMARTS) is 1. The zero-order chi connectivity index (χ0) is 7.98. The molecule has 60 valence electrons. The lowest BCUT2D eigenvalue weighted by atomic mass is 10.1. The molecule has 0 aromatic carbocycles. The predicted octanol–water partition coefficient (Wildman–Crippen LogP) is -0.323. The first-order valence-corrected chi connectivity index (χ1v) is 3.54. The van der Waals surface area contributed by atoms with Crippen molar-refractivity contribution in [3.63, 3.8) is 0 Å². The van der Waals surface area contributed by atoms with Crippen LogP contribution in [0.25, 0.3) is 0 Å². The van der Waals surface area contributed by atoms with Crippen molar-refractivity contribution in [1.29, 1.82) is 0 Å². The minimum atomic E-state index is -1.18. The van der Waals surface area contributed by atoms with Crippen LogP contribution in [0.15, 0.2) is 0 Å². The molecule has 10 heavy (non-hydrogen) atoms. The minimum Gasteiger partial charge on any atom is -0.550 e. The Kier molecular flexibility index (Phi) is 4.94. The molecule has 0 radical (unpaired) electrons. The van der Waals surface area contributed by atoms with Crippen LogP contribution in [0.5, 0.6) is 0 Å². The van der Waals surface area contributed by atoms with E-state index in [2.05, 4.69) is 0 Å². The third kappa shape index (κ3) is 5.56. The molecule has 0 rings (SSSR count). The average Bonchev–Trinajstić information content (AvgIpc) is 1.82. The molecule has 1 unspecified atom stereocenters. The maximum absolute atomic E-state index is 9.90. The van der Waals surface area contributed by atoms with Crippen molar-refractivity contribution in [3.8, 4) is 0 Å². The van der Waals surface area contributed by atoms with E-state index in [9.17, 15) is 9.90 Å².